The molecule has 1 heterocycles. The zero-order valence-corrected chi connectivity index (χ0v) is 27.1. The van der Waals surface area contributed by atoms with Crippen molar-refractivity contribution in [3.05, 3.63) is 188 Å². The lowest BCUT2D eigenvalue weighted by molar-refractivity contribution is 1.30. The lowest BCUT2D eigenvalue weighted by Crippen LogP contribution is -2.09. The van der Waals surface area contributed by atoms with Crippen LogP contribution in [-0.2, 0) is 0 Å². The van der Waals surface area contributed by atoms with Crippen LogP contribution in [0.15, 0.2) is 188 Å². The van der Waals surface area contributed by atoms with Crippen molar-refractivity contribution in [3.63, 3.8) is 0 Å². The standard InChI is InChI=1S/C46H31NS/c1-3-11-32(12-4-1)34-21-24-36(25-22-34)41-17-10-20-44-45(41)42-18-9-19-43(46(42)48-44)47(39-15-5-2-6-16-39)40-29-27-35(28-30-40)38-26-23-33-13-7-8-14-37(33)31-38/h1-31H. The normalized spacial score (nSPS) is 11.3. The van der Waals surface area contributed by atoms with Crippen LogP contribution >= 0.6 is 11.3 Å². The molecule has 0 bridgehead atoms. The summed E-state index contributed by atoms with van der Waals surface area (Å²) in [5, 5.41) is 5.11. The fourth-order valence-electron chi connectivity index (χ4n) is 6.90. The first-order valence-corrected chi connectivity index (χ1v) is 17.2. The number of benzene rings is 8. The van der Waals surface area contributed by atoms with Crippen molar-refractivity contribution in [2.75, 3.05) is 4.90 Å². The van der Waals surface area contributed by atoms with E-state index in [-0.39, 0.29) is 0 Å². The predicted octanol–water partition coefficient (Wildman–Crippen LogP) is 13.7. The topological polar surface area (TPSA) is 3.24 Å². The third-order valence-electron chi connectivity index (χ3n) is 9.27. The van der Waals surface area contributed by atoms with Gasteiger partial charge >= 0.3 is 0 Å². The van der Waals surface area contributed by atoms with Gasteiger partial charge in [0.1, 0.15) is 0 Å². The van der Waals surface area contributed by atoms with Gasteiger partial charge in [-0.05, 0) is 86.6 Å². The van der Waals surface area contributed by atoms with Crippen molar-refractivity contribution in [2.24, 2.45) is 0 Å². The molecule has 0 aliphatic carbocycles. The maximum atomic E-state index is 2.40. The fraction of sp³-hybridized carbons (Fsp3) is 0. The first kappa shape index (κ1) is 28.3. The van der Waals surface area contributed by atoms with E-state index in [1.807, 2.05) is 11.3 Å². The largest absolute Gasteiger partial charge is 0.309 e. The molecule has 0 N–H and O–H groups in total. The lowest BCUT2D eigenvalue weighted by Gasteiger charge is -2.26. The molecule has 0 amide bonds. The molecule has 48 heavy (non-hydrogen) atoms. The predicted molar refractivity (Wildman–Crippen MR) is 208 cm³/mol. The van der Waals surface area contributed by atoms with E-state index in [4.69, 9.17) is 0 Å². The van der Waals surface area contributed by atoms with Crippen LogP contribution in [0, 0.1) is 0 Å². The third kappa shape index (κ3) is 5.04. The summed E-state index contributed by atoms with van der Waals surface area (Å²) in [6, 6.07) is 68.0. The summed E-state index contributed by atoms with van der Waals surface area (Å²) in [7, 11) is 0. The Morgan fingerprint density at radius 2 is 0.958 bits per heavy atom. The first-order valence-electron chi connectivity index (χ1n) is 16.3. The molecule has 1 nitrogen and oxygen atoms in total. The van der Waals surface area contributed by atoms with Gasteiger partial charge in [0.2, 0.25) is 0 Å². The Bertz CT molecular complexity index is 2530. The van der Waals surface area contributed by atoms with Gasteiger partial charge in [-0.2, -0.15) is 0 Å². The number of fused-ring (bicyclic) bond motifs is 4. The minimum Gasteiger partial charge on any atom is -0.309 e. The van der Waals surface area contributed by atoms with Gasteiger partial charge in [-0.25, -0.2) is 0 Å². The summed E-state index contributed by atoms with van der Waals surface area (Å²) in [6.07, 6.45) is 0. The van der Waals surface area contributed by atoms with E-state index >= 15 is 0 Å². The number of rotatable bonds is 6. The number of thiophene rings is 1. The number of hydrogen-bond donors (Lipinski definition) is 0. The molecule has 0 unspecified atom stereocenters. The van der Waals surface area contributed by atoms with Gasteiger partial charge < -0.3 is 4.90 Å². The van der Waals surface area contributed by atoms with Crippen molar-refractivity contribution >= 4 is 59.3 Å². The van der Waals surface area contributed by atoms with Crippen LogP contribution in [0.5, 0.6) is 0 Å². The second kappa shape index (κ2) is 12.0. The second-order valence-electron chi connectivity index (χ2n) is 12.2. The van der Waals surface area contributed by atoms with E-state index in [0.717, 1.165) is 11.4 Å². The lowest BCUT2D eigenvalue weighted by atomic mass is 9.97. The number of nitrogens with zero attached hydrogens (tertiary/aromatic N) is 1. The highest BCUT2D eigenvalue weighted by Gasteiger charge is 2.19. The SMILES string of the molecule is c1ccc(-c2ccc(-c3cccc4sc5c(N(c6ccccc6)c6ccc(-c7ccc8ccccc8c7)cc6)cccc5c34)cc2)cc1. The van der Waals surface area contributed by atoms with Crippen molar-refractivity contribution in [3.8, 4) is 33.4 Å². The molecular weight excluding hydrogens is 599 g/mol. The van der Waals surface area contributed by atoms with E-state index in [1.54, 1.807) is 0 Å². The summed E-state index contributed by atoms with van der Waals surface area (Å²) < 4.78 is 2.57. The van der Waals surface area contributed by atoms with Crippen LogP contribution in [0.1, 0.15) is 0 Å². The maximum absolute atomic E-state index is 2.40. The third-order valence-corrected chi connectivity index (χ3v) is 10.5. The summed E-state index contributed by atoms with van der Waals surface area (Å²) in [5.41, 5.74) is 10.8. The zero-order chi connectivity index (χ0) is 31.9. The Labute approximate surface area is 284 Å². The maximum Gasteiger partial charge on any atom is 0.0640 e. The van der Waals surface area contributed by atoms with Gasteiger partial charge in [-0.15, -0.1) is 11.3 Å². The van der Waals surface area contributed by atoms with Crippen molar-refractivity contribution in [1.29, 1.82) is 0 Å². The smallest absolute Gasteiger partial charge is 0.0640 e. The van der Waals surface area contributed by atoms with Crippen LogP contribution in [0.25, 0.3) is 64.3 Å². The van der Waals surface area contributed by atoms with E-state index in [9.17, 15) is 0 Å². The van der Waals surface area contributed by atoms with Gasteiger partial charge in [0.15, 0.2) is 0 Å². The molecule has 226 valence electrons. The molecule has 2 heteroatoms. The Hall–Kier alpha value is -5.96. The first-order chi connectivity index (χ1) is 23.8. The Balaban J connectivity index is 1.15. The Morgan fingerprint density at radius 3 is 1.75 bits per heavy atom. The van der Waals surface area contributed by atoms with Gasteiger partial charge in [0.25, 0.3) is 0 Å². The average Bonchev–Trinajstić information content (AvgIpc) is 3.56. The van der Waals surface area contributed by atoms with Crippen molar-refractivity contribution in [1.82, 2.24) is 0 Å². The average molecular weight is 630 g/mol. The van der Waals surface area contributed by atoms with Crippen LogP contribution in [0.3, 0.4) is 0 Å². The summed E-state index contributed by atoms with van der Waals surface area (Å²) in [6.45, 7) is 0. The van der Waals surface area contributed by atoms with Crippen molar-refractivity contribution in [2.45, 2.75) is 0 Å². The molecule has 0 fully saturated rings. The van der Waals surface area contributed by atoms with Gasteiger partial charge in [-0.1, -0.05) is 146 Å². The van der Waals surface area contributed by atoms with E-state index in [0.29, 0.717) is 0 Å². The van der Waals surface area contributed by atoms with E-state index in [2.05, 4.69) is 193 Å². The van der Waals surface area contributed by atoms with E-state index < -0.39 is 0 Å². The minimum absolute atomic E-state index is 1.13. The fourth-order valence-corrected chi connectivity index (χ4v) is 8.13. The Kier molecular flexibility index (Phi) is 7.07. The van der Waals surface area contributed by atoms with E-state index in [1.165, 1.54) is 70.0 Å². The highest BCUT2D eigenvalue weighted by molar-refractivity contribution is 7.26. The number of hydrogen-bond acceptors (Lipinski definition) is 2. The molecule has 9 aromatic rings. The van der Waals surface area contributed by atoms with Crippen LogP contribution < -0.4 is 4.90 Å². The minimum atomic E-state index is 1.13. The van der Waals surface area contributed by atoms with Crippen LogP contribution in [0.4, 0.5) is 17.1 Å². The molecule has 0 saturated carbocycles. The van der Waals surface area contributed by atoms with Gasteiger partial charge in [0.05, 0.1) is 10.4 Å². The molecule has 0 aliphatic heterocycles. The molecule has 0 atom stereocenters. The molecule has 0 aliphatic rings. The molecule has 0 radical (unpaired) electrons. The molecular formula is C46H31NS. The molecule has 0 spiro atoms. The number of para-hydroxylation sites is 1. The zero-order valence-electron chi connectivity index (χ0n) is 26.3. The monoisotopic (exact) mass is 629 g/mol. The number of anilines is 3. The summed E-state index contributed by atoms with van der Waals surface area (Å²) in [4.78, 5) is 2.40. The van der Waals surface area contributed by atoms with Gasteiger partial charge in [0, 0.05) is 26.8 Å². The van der Waals surface area contributed by atoms with Crippen LogP contribution in [0.2, 0.25) is 0 Å². The highest BCUT2D eigenvalue weighted by Crippen LogP contribution is 2.47. The molecule has 1 aromatic heterocycles. The highest BCUT2D eigenvalue weighted by atomic mass is 32.1. The van der Waals surface area contributed by atoms with Crippen molar-refractivity contribution < 1.29 is 0 Å². The Morgan fingerprint density at radius 1 is 0.375 bits per heavy atom. The second-order valence-corrected chi connectivity index (χ2v) is 13.2. The van der Waals surface area contributed by atoms with Gasteiger partial charge in [-0.3, -0.25) is 0 Å². The van der Waals surface area contributed by atoms with Crippen LogP contribution in [-0.4, -0.2) is 0 Å². The molecule has 0 saturated heterocycles. The molecule has 9 rings (SSSR count). The summed E-state index contributed by atoms with van der Waals surface area (Å²) >= 11 is 1.87. The quantitative estimate of drug-likeness (QED) is 0.177. The molecule has 8 aromatic carbocycles. The summed E-state index contributed by atoms with van der Waals surface area (Å²) in [5.74, 6) is 0.